The van der Waals surface area contributed by atoms with Crippen LogP contribution in [0.2, 0.25) is 0 Å². The summed E-state index contributed by atoms with van der Waals surface area (Å²) in [7, 11) is 0. The highest BCUT2D eigenvalue weighted by molar-refractivity contribution is 14.1. The molecule has 0 spiro atoms. The van der Waals surface area contributed by atoms with Gasteiger partial charge in [-0.2, -0.15) is 0 Å². The summed E-state index contributed by atoms with van der Waals surface area (Å²) in [5.41, 5.74) is 0.354. The van der Waals surface area contributed by atoms with Crippen molar-refractivity contribution in [1.29, 1.82) is 0 Å². The highest BCUT2D eigenvalue weighted by atomic mass is 127. The molecule has 0 saturated carbocycles. The summed E-state index contributed by atoms with van der Waals surface area (Å²) < 4.78 is 5.75. The van der Waals surface area contributed by atoms with Crippen molar-refractivity contribution in [3.8, 4) is 0 Å². The summed E-state index contributed by atoms with van der Waals surface area (Å²) in [6.45, 7) is -0.185. The number of hydrogen-bond acceptors (Lipinski definition) is 5. The number of carbonyl (C=O) groups is 3. The average molecular weight is 444 g/mol. The van der Waals surface area contributed by atoms with Gasteiger partial charge in [0.2, 0.25) is 0 Å². The number of carbonyl (C=O) groups excluding carboxylic acids is 3. The van der Waals surface area contributed by atoms with E-state index in [-0.39, 0.29) is 0 Å². The molecular formula is C15H13IN2O4S. The third-order valence-electron chi connectivity index (χ3n) is 2.65. The van der Waals surface area contributed by atoms with Gasteiger partial charge in [-0.15, -0.1) is 11.3 Å². The topological polar surface area (TPSA) is 84.5 Å². The van der Waals surface area contributed by atoms with Crippen LogP contribution >= 0.6 is 33.9 Å². The van der Waals surface area contributed by atoms with E-state index in [1.54, 1.807) is 18.2 Å². The number of benzene rings is 1. The zero-order chi connectivity index (χ0) is 16.7. The van der Waals surface area contributed by atoms with Crippen molar-refractivity contribution >= 4 is 51.8 Å². The van der Waals surface area contributed by atoms with E-state index >= 15 is 0 Å². The van der Waals surface area contributed by atoms with Gasteiger partial charge in [0.05, 0.1) is 12.1 Å². The molecule has 0 radical (unpaired) electrons. The highest BCUT2D eigenvalue weighted by Gasteiger charge is 2.12. The number of urea groups is 1. The molecule has 0 bridgehead atoms. The Morgan fingerprint density at radius 1 is 1.17 bits per heavy atom. The van der Waals surface area contributed by atoms with Crippen LogP contribution in [-0.4, -0.2) is 24.5 Å². The van der Waals surface area contributed by atoms with E-state index in [4.69, 9.17) is 4.74 Å². The minimum absolute atomic E-state index is 0.332. The number of ether oxygens (including phenoxy) is 1. The van der Waals surface area contributed by atoms with E-state index in [0.29, 0.717) is 12.1 Å². The monoisotopic (exact) mass is 444 g/mol. The molecule has 23 heavy (non-hydrogen) atoms. The predicted octanol–water partition coefficient (Wildman–Crippen LogP) is 2.54. The van der Waals surface area contributed by atoms with Crippen molar-refractivity contribution in [2.45, 2.75) is 6.54 Å². The minimum atomic E-state index is -0.687. The van der Waals surface area contributed by atoms with Gasteiger partial charge in [-0.3, -0.25) is 10.1 Å². The minimum Gasteiger partial charge on any atom is -0.452 e. The number of amides is 3. The lowest BCUT2D eigenvalue weighted by atomic mass is 10.2. The second-order valence-corrected chi connectivity index (χ2v) is 6.67. The van der Waals surface area contributed by atoms with Crippen LogP contribution in [0.4, 0.5) is 4.79 Å². The van der Waals surface area contributed by atoms with Crippen LogP contribution in [0, 0.1) is 3.57 Å². The molecule has 2 rings (SSSR count). The molecule has 2 N–H and O–H groups in total. The van der Waals surface area contributed by atoms with Crippen molar-refractivity contribution in [1.82, 2.24) is 10.6 Å². The molecule has 3 amide bonds. The molecule has 1 heterocycles. The van der Waals surface area contributed by atoms with Crippen LogP contribution in [0.25, 0.3) is 0 Å². The SMILES string of the molecule is O=C(COC(=O)c1cccc(I)c1)NC(=O)NCc1cccs1. The van der Waals surface area contributed by atoms with Gasteiger partial charge in [0.25, 0.3) is 5.91 Å². The number of thiophene rings is 1. The van der Waals surface area contributed by atoms with E-state index in [2.05, 4.69) is 33.2 Å². The molecule has 1 aromatic heterocycles. The Labute approximate surface area is 150 Å². The fraction of sp³-hybridized carbons (Fsp3) is 0.133. The number of rotatable bonds is 5. The first-order valence-electron chi connectivity index (χ1n) is 6.57. The number of esters is 1. The molecular weight excluding hydrogens is 431 g/mol. The van der Waals surface area contributed by atoms with Crippen LogP contribution in [0.3, 0.4) is 0 Å². The Morgan fingerprint density at radius 2 is 2.00 bits per heavy atom. The molecule has 0 aliphatic rings. The first-order valence-corrected chi connectivity index (χ1v) is 8.53. The summed E-state index contributed by atoms with van der Waals surface area (Å²) in [4.78, 5) is 35.8. The van der Waals surface area contributed by atoms with Gasteiger partial charge in [-0.05, 0) is 52.2 Å². The average Bonchev–Trinajstić information content (AvgIpc) is 3.04. The molecule has 0 saturated heterocycles. The molecule has 1 aromatic carbocycles. The van der Waals surface area contributed by atoms with Crippen molar-refractivity contribution in [2.75, 3.05) is 6.61 Å². The van der Waals surface area contributed by atoms with Gasteiger partial charge in [-0.25, -0.2) is 9.59 Å². The van der Waals surface area contributed by atoms with Gasteiger partial charge in [0.15, 0.2) is 6.61 Å². The van der Waals surface area contributed by atoms with E-state index < -0.39 is 24.5 Å². The second kappa shape index (κ2) is 8.63. The van der Waals surface area contributed by atoms with E-state index in [1.165, 1.54) is 11.3 Å². The van der Waals surface area contributed by atoms with Gasteiger partial charge >= 0.3 is 12.0 Å². The summed E-state index contributed by atoms with van der Waals surface area (Å²) in [6, 6.07) is 9.90. The molecule has 0 aliphatic heterocycles. The zero-order valence-corrected chi connectivity index (χ0v) is 14.8. The van der Waals surface area contributed by atoms with E-state index in [0.717, 1.165) is 8.45 Å². The fourth-order valence-electron chi connectivity index (χ4n) is 1.62. The van der Waals surface area contributed by atoms with E-state index in [1.807, 2.05) is 23.6 Å². The van der Waals surface area contributed by atoms with Crippen LogP contribution in [0.5, 0.6) is 0 Å². The van der Waals surface area contributed by atoms with Crippen LogP contribution in [0.15, 0.2) is 41.8 Å². The predicted molar refractivity (Wildman–Crippen MR) is 94.1 cm³/mol. The molecule has 0 fully saturated rings. The molecule has 0 unspecified atom stereocenters. The van der Waals surface area contributed by atoms with Crippen molar-refractivity contribution in [3.63, 3.8) is 0 Å². The quantitative estimate of drug-likeness (QED) is 0.549. The highest BCUT2D eigenvalue weighted by Crippen LogP contribution is 2.09. The van der Waals surface area contributed by atoms with Gasteiger partial charge in [-0.1, -0.05) is 12.1 Å². The summed E-state index contributed by atoms with van der Waals surface area (Å²) in [5.74, 6) is -1.30. The first-order chi connectivity index (χ1) is 11.0. The lowest BCUT2D eigenvalue weighted by Crippen LogP contribution is -2.41. The second-order valence-electron chi connectivity index (χ2n) is 4.40. The Bertz CT molecular complexity index is 703. The maximum Gasteiger partial charge on any atom is 0.338 e. The molecule has 120 valence electrons. The number of nitrogens with one attached hydrogen (secondary N) is 2. The summed E-state index contributed by atoms with van der Waals surface area (Å²) in [5, 5.41) is 6.53. The third-order valence-corrected chi connectivity index (χ3v) is 4.20. The number of hydrogen-bond donors (Lipinski definition) is 2. The largest absolute Gasteiger partial charge is 0.452 e. The van der Waals surface area contributed by atoms with Gasteiger partial charge in [0, 0.05) is 8.45 Å². The standard InChI is InChI=1S/C15H13IN2O4S/c16-11-4-1-3-10(7-11)14(20)22-9-13(19)18-15(21)17-8-12-5-2-6-23-12/h1-7H,8-9H2,(H2,17,18,19,21). The lowest BCUT2D eigenvalue weighted by molar-refractivity contribution is -0.123. The maximum atomic E-state index is 11.8. The summed E-state index contributed by atoms with van der Waals surface area (Å²) in [6.07, 6.45) is 0. The smallest absolute Gasteiger partial charge is 0.338 e. The van der Waals surface area contributed by atoms with Crippen molar-refractivity contribution < 1.29 is 19.1 Å². The van der Waals surface area contributed by atoms with Crippen molar-refractivity contribution in [3.05, 3.63) is 55.8 Å². The van der Waals surface area contributed by atoms with Crippen LogP contribution < -0.4 is 10.6 Å². The molecule has 0 atom stereocenters. The zero-order valence-electron chi connectivity index (χ0n) is 11.9. The Hall–Kier alpha value is -1.94. The normalized spacial score (nSPS) is 9.96. The van der Waals surface area contributed by atoms with Crippen LogP contribution in [0.1, 0.15) is 15.2 Å². The molecule has 6 nitrogen and oxygen atoms in total. The summed E-state index contributed by atoms with van der Waals surface area (Å²) >= 11 is 3.57. The Kier molecular flexibility index (Phi) is 6.53. The third kappa shape index (κ3) is 5.99. The lowest BCUT2D eigenvalue weighted by Gasteiger charge is -2.07. The number of halogens is 1. The van der Waals surface area contributed by atoms with E-state index in [9.17, 15) is 14.4 Å². The van der Waals surface area contributed by atoms with Gasteiger partial charge in [0.1, 0.15) is 0 Å². The molecule has 0 aliphatic carbocycles. The van der Waals surface area contributed by atoms with Crippen molar-refractivity contribution in [2.24, 2.45) is 0 Å². The molecule has 2 aromatic rings. The van der Waals surface area contributed by atoms with Crippen LogP contribution in [-0.2, 0) is 16.1 Å². The Morgan fingerprint density at radius 3 is 2.70 bits per heavy atom. The Balaban J connectivity index is 1.72. The fourth-order valence-corrected chi connectivity index (χ4v) is 2.81. The first kappa shape index (κ1) is 17.4. The molecule has 8 heteroatoms. The van der Waals surface area contributed by atoms with Gasteiger partial charge < -0.3 is 10.1 Å². The maximum absolute atomic E-state index is 11.8. The number of imide groups is 1.